The highest BCUT2D eigenvalue weighted by molar-refractivity contribution is 5.93. The van der Waals surface area contributed by atoms with Gasteiger partial charge in [-0.3, -0.25) is 9.59 Å². The van der Waals surface area contributed by atoms with Gasteiger partial charge in [0.2, 0.25) is 0 Å². The van der Waals surface area contributed by atoms with E-state index in [9.17, 15) is 14.0 Å². The standard InChI is InChI=1S/C23H29FN4O2/c1-16-12-17(2)23(18(3)13-16)26-22(30)15-28-10-8-27(9-11-28)14-21(29)25-20-6-4-19(24)5-7-20/h4-7,12-13H,8-11,14-15H2,1-3H3,(H,25,29)(H,26,30)/p+2. The third-order valence-corrected chi connectivity index (χ3v) is 5.55. The van der Waals surface area contributed by atoms with Gasteiger partial charge in [0.15, 0.2) is 13.1 Å². The van der Waals surface area contributed by atoms with Crippen molar-refractivity contribution in [1.82, 2.24) is 0 Å². The van der Waals surface area contributed by atoms with Gasteiger partial charge in [-0.05, 0) is 56.2 Å². The zero-order chi connectivity index (χ0) is 21.7. The summed E-state index contributed by atoms with van der Waals surface area (Å²) in [5.41, 5.74) is 4.86. The van der Waals surface area contributed by atoms with Crippen LogP contribution in [0.3, 0.4) is 0 Å². The second-order valence-electron chi connectivity index (χ2n) is 8.23. The molecular weight excluding hydrogens is 383 g/mol. The number of anilines is 2. The Bertz CT molecular complexity index is 883. The summed E-state index contributed by atoms with van der Waals surface area (Å²) in [6, 6.07) is 9.93. The van der Waals surface area contributed by atoms with E-state index in [1.165, 1.54) is 27.5 Å². The molecule has 1 fully saturated rings. The minimum atomic E-state index is -0.325. The second-order valence-corrected chi connectivity index (χ2v) is 8.23. The van der Waals surface area contributed by atoms with Crippen molar-refractivity contribution in [2.75, 3.05) is 49.9 Å². The molecule has 0 atom stereocenters. The largest absolute Gasteiger partial charge is 0.321 e. The van der Waals surface area contributed by atoms with Crippen molar-refractivity contribution < 1.29 is 23.8 Å². The Labute approximate surface area is 177 Å². The lowest BCUT2D eigenvalue weighted by atomic mass is 10.1. The summed E-state index contributed by atoms with van der Waals surface area (Å²) in [4.78, 5) is 27.2. The van der Waals surface area contributed by atoms with Crippen LogP contribution >= 0.6 is 0 Å². The minimum absolute atomic E-state index is 0.0255. The van der Waals surface area contributed by atoms with Crippen molar-refractivity contribution in [3.63, 3.8) is 0 Å². The van der Waals surface area contributed by atoms with Gasteiger partial charge in [0, 0.05) is 11.4 Å². The van der Waals surface area contributed by atoms with Crippen LogP contribution in [0, 0.1) is 26.6 Å². The molecule has 4 N–H and O–H groups in total. The molecule has 0 bridgehead atoms. The highest BCUT2D eigenvalue weighted by Crippen LogP contribution is 2.21. The maximum absolute atomic E-state index is 13.0. The van der Waals surface area contributed by atoms with E-state index in [2.05, 4.69) is 29.7 Å². The first kappa shape index (κ1) is 21.9. The van der Waals surface area contributed by atoms with E-state index >= 15 is 0 Å². The molecule has 7 heteroatoms. The average molecular weight is 415 g/mol. The molecule has 160 valence electrons. The Morgan fingerprint density at radius 2 is 1.30 bits per heavy atom. The number of piperazine rings is 1. The van der Waals surface area contributed by atoms with Crippen molar-refractivity contribution in [3.8, 4) is 0 Å². The molecule has 30 heavy (non-hydrogen) atoms. The van der Waals surface area contributed by atoms with Crippen LogP contribution in [0.25, 0.3) is 0 Å². The fraction of sp³-hybridized carbons (Fsp3) is 0.391. The van der Waals surface area contributed by atoms with Crippen LogP contribution in [0.5, 0.6) is 0 Å². The van der Waals surface area contributed by atoms with Crippen molar-refractivity contribution >= 4 is 23.2 Å². The highest BCUT2D eigenvalue weighted by atomic mass is 19.1. The lowest BCUT2D eigenvalue weighted by molar-refractivity contribution is -1.00. The van der Waals surface area contributed by atoms with Crippen LogP contribution in [0.2, 0.25) is 0 Å². The molecule has 1 heterocycles. The molecule has 1 aliphatic heterocycles. The smallest absolute Gasteiger partial charge is 0.279 e. The highest BCUT2D eigenvalue weighted by Gasteiger charge is 2.26. The normalized spacial score (nSPS) is 18.7. The number of carbonyl (C=O) groups excluding carboxylic acids is 2. The number of rotatable bonds is 6. The Morgan fingerprint density at radius 1 is 0.833 bits per heavy atom. The van der Waals surface area contributed by atoms with E-state index in [1.54, 1.807) is 12.1 Å². The third-order valence-electron chi connectivity index (χ3n) is 5.55. The Morgan fingerprint density at radius 3 is 1.80 bits per heavy atom. The molecule has 0 saturated carbocycles. The zero-order valence-electron chi connectivity index (χ0n) is 17.9. The fourth-order valence-electron chi connectivity index (χ4n) is 4.06. The number of amides is 2. The average Bonchev–Trinajstić information content (AvgIpc) is 2.68. The van der Waals surface area contributed by atoms with E-state index in [4.69, 9.17) is 0 Å². The van der Waals surface area contributed by atoms with Gasteiger partial charge in [0.05, 0.1) is 0 Å². The SMILES string of the molecule is Cc1cc(C)c(NC(=O)C[NH+]2CC[NH+](CC(=O)Nc3ccc(F)cc3)CC2)c(C)c1. The summed E-state index contributed by atoms with van der Waals surface area (Å²) >= 11 is 0. The summed E-state index contributed by atoms with van der Waals surface area (Å²) in [5, 5.41) is 5.87. The fourth-order valence-corrected chi connectivity index (χ4v) is 4.06. The summed E-state index contributed by atoms with van der Waals surface area (Å²) in [5.74, 6) is -0.380. The van der Waals surface area contributed by atoms with Crippen molar-refractivity contribution in [3.05, 3.63) is 58.9 Å². The molecule has 2 amide bonds. The predicted molar refractivity (Wildman–Crippen MR) is 115 cm³/mol. The predicted octanol–water partition coefficient (Wildman–Crippen LogP) is 0.112. The first-order chi connectivity index (χ1) is 14.3. The number of halogens is 1. The quantitative estimate of drug-likeness (QED) is 0.542. The van der Waals surface area contributed by atoms with E-state index in [1.807, 2.05) is 13.8 Å². The van der Waals surface area contributed by atoms with Crippen LogP contribution in [-0.2, 0) is 9.59 Å². The maximum atomic E-state index is 13.0. The van der Waals surface area contributed by atoms with Crippen molar-refractivity contribution in [1.29, 1.82) is 0 Å². The summed E-state index contributed by atoms with van der Waals surface area (Å²) in [7, 11) is 0. The maximum Gasteiger partial charge on any atom is 0.279 e. The molecule has 2 aromatic rings. The van der Waals surface area contributed by atoms with E-state index in [0.717, 1.165) is 43.0 Å². The van der Waals surface area contributed by atoms with Crippen LogP contribution in [-0.4, -0.2) is 51.1 Å². The molecule has 1 saturated heterocycles. The van der Waals surface area contributed by atoms with Gasteiger partial charge in [-0.25, -0.2) is 4.39 Å². The number of benzene rings is 2. The lowest BCUT2D eigenvalue weighted by Crippen LogP contribution is -3.28. The number of hydrogen-bond acceptors (Lipinski definition) is 2. The van der Waals surface area contributed by atoms with Gasteiger partial charge >= 0.3 is 0 Å². The molecule has 0 spiro atoms. The van der Waals surface area contributed by atoms with Crippen LogP contribution in [0.1, 0.15) is 16.7 Å². The molecule has 2 aromatic carbocycles. The summed E-state index contributed by atoms with van der Waals surface area (Å²) < 4.78 is 13.0. The Hall–Kier alpha value is -2.77. The number of nitrogens with one attached hydrogen (secondary N) is 4. The van der Waals surface area contributed by atoms with Crippen molar-refractivity contribution in [2.24, 2.45) is 0 Å². The molecule has 0 aromatic heterocycles. The Kier molecular flexibility index (Phi) is 7.18. The first-order valence-corrected chi connectivity index (χ1v) is 10.4. The topological polar surface area (TPSA) is 67.1 Å². The Balaban J connectivity index is 1.42. The number of hydrogen-bond donors (Lipinski definition) is 4. The molecule has 0 radical (unpaired) electrons. The van der Waals surface area contributed by atoms with Gasteiger partial charge in [0.25, 0.3) is 11.8 Å². The second kappa shape index (κ2) is 9.82. The summed E-state index contributed by atoms with van der Waals surface area (Å²) in [6.45, 7) is 10.3. The van der Waals surface area contributed by atoms with E-state index < -0.39 is 0 Å². The third kappa shape index (κ3) is 6.11. The first-order valence-electron chi connectivity index (χ1n) is 10.4. The zero-order valence-corrected chi connectivity index (χ0v) is 17.9. The van der Waals surface area contributed by atoms with Gasteiger partial charge < -0.3 is 20.4 Å². The van der Waals surface area contributed by atoms with Gasteiger partial charge in [-0.15, -0.1) is 0 Å². The van der Waals surface area contributed by atoms with Gasteiger partial charge in [-0.2, -0.15) is 0 Å². The molecule has 6 nitrogen and oxygen atoms in total. The molecular formula is C23H31FN4O2+2. The minimum Gasteiger partial charge on any atom is -0.321 e. The molecule has 1 aliphatic rings. The van der Waals surface area contributed by atoms with Crippen LogP contribution in [0.15, 0.2) is 36.4 Å². The lowest BCUT2D eigenvalue weighted by Gasteiger charge is -2.29. The molecule has 0 aliphatic carbocycles. The molecule has 0 unspecified atom stereocenters. The molecule has 3 rings (SSSR count). The monoisotopic (exact) mass is 414 g/mol. The van der Waals surface area contributed by atoms with Crippen molar-refractivity contribution in [2.45, 2.75) is 20.8 Å². The van der Waals surface area contributed by atoms with Crippen LogP contribution in [0.4, 0.5) is 15.8 Å². The van der Waals surface area contributed by atoms with Crippen LogP contribution < -0.4 is 20.4 Å². The number of aryl methyl sites for hydroxylation is 3. The van der Waals surface area contributed by atoms with E-state index in [0.29, 0.717) is 18.8 Å². The number of quaternary nitrogens is 2. The van der Waals surface area contributed by atoms with Gasteiger partial charge in [-0.1, -0.05) is 17.7 Å². The van der Waals surface area contributed by atoms with Gasteiger partial charge in [0.1, 0.15) is 32.0 Å². The van der Waals surface area contributed by atoms with E-state index in [-0.39, 0.29) is 17.6 Å². The summed E-state index contributed by atoms with van der Waals surface area (Å²) in [6.07, 6.45) is 0. The number of carbonyl (C=O) groups is 2.